The smallest absolute Gasteiger partial charge is 0.197 e. The van der Waals surface area contributed by atoms with Crippen LogP contribution in [0, 0.1) is 17.7 Å². The molecule has 0 bridgehead atoms. The van der Waals surface area contributed by atoms with Crippen LogP contribution in [0.2, 0.25) is 0 Å². The summed E-state index contributed by atoms with van der Waals surface area (Å²) in [6.07, 6.45) is 11.3. The number of hydrogen-bond acceptors (Lipinski definition) is 4. The molecule has 1 saturated carbocycles. The third-order valence-corrected chi connectivity index (χ3v) is 9.50. The summed E-state index contributed by atoms with van der Waals surface area (Å²) in [5.41, 5.74) is 1.98. The fraction of sp³-hybridized carbons (Fsp3) is 0.630. The first-order chi connectivity index (χ1) is 16.1. The Kier molecular flexibility index (Phi) is 7.21. The zero-order chi connectivity index (χ0) is 22.8. The maximum absolute atomic E-state index is 13.2. The van der Waals surface area contributed by atoms with Crippen molar-refractivity contribution in [3.63, 3.8) is 0 Å². The highest BCUT2D eigenvalue weighted by Gasteiger charge is 2.32. The molecule has 180 valence electrons. The summed E-state index contributed by atoms with van der Waals surface area (Å²) < 4.78 is 15.0. The van der Waals surface area contributed by atoms with E-state index >= 15 is 0 Å². The van der Waals surface area contributed by atoms with Crippen LogP contribution in [0.3, 0.4) is 0 Å². The summed E-state index contributed by atoms with van der Waals surface area (Å²) in [7, 11) is 0. The Hall–Kier alpha value is -1.66. The largest absolute Gasteiger partial charge is 0.494 e. The zero-order valence-corrected chi connectivity index (χ0v) is 20.3. The fourth-order valence-corrected chi connectivity index (χ4v) is 7.37. The number of benzene rings is 1. The van der Waals surface area contributed by atoms with Crippen LogP contribution in [0.5, 0.6) is 11.8 Å². The number of piperidine rings is 1. The predicted octanol–water partition coefficient (Wildman–Crippen LogP) is 5.98. The molecule has 2 atom stereocenters. The summed E-state index contributed by atoms with van der Waals surface area (Å²) in [4.78, 5) is 3.79. The van der Waals surface area contributed by atoms with E-state index in [1.54, 1.807) is 12.1 Å². The molecule has 1 aliphatic heterocycles. The molecular weight excluding hydrogens is 435 g/mol. The van der Waals surface area contributed by atoms with E-state index in [2.05, 4.69) is 4.90 Å². The van der Waals surface area contributed by atoms with E-state index in [0.29, 0.717) is 28.8 Å². The van der Waals surface area contributed by atoms with Crippen molar-refractivity contribution >= 4 is 11.8 Å². The van der Waals surface area contributed by atoms with Gasteiger partial charge in [0, 0.05) is 34.4 Å². The third-order valence-electron chi connectivity index (χ3n) is 8.15. The number of halogens is 1. The first-order valence-electron chi connectivity index (χ1n) is 12.8. The highest BCUT2D eigenvalue weighted by molar-refractivity contribution is 8.00. The Balaban J connectivity index is 1.17. The van der Waals surface area contributed by atoms with Crippen molar-refractivity contribution < 1.29 is 14.6 Å². The quantitative estimate of drug-likeness (QED) is 0.543. The van der Waals surface area contributed by atoms with E-state index in [4.69, 9.17) is 0 Å². The van der Waals surface area contributed by atoms with Crippen molar-refractivity contribution in [2.75, 3.05) is 19.6 Å². The summed E-state index contributed by atoms with van der Waals surface area (Å²) in [5.74, 6) is 1.61. The van der Waals surface area contributed by atoms with Crippen molar-refractivity contribution in [1.29, 1.82) is 0 Å². The lowest BCUT2D eigenvalue weighted by Crippen LogP contribution is -2.41. The van der Waals surface area contributed by atoms with Crippen LogP contribution in [0.15, 0.2) is 29.2 Å². The number of hydrogen-bond donors (Lipinski definition) is 2. The molecule has 4 nitrogen and oxygen atoms in total. The lowest BCUT2D eigenvalue weighted by Gasteiger charge is -2.38. The second-order valence-electron chi connectivity index (χ2n) is 10.3. The van der Waals surface area contributed by atoms with Crippen LogP contribution in [-0.2, 0) is 19.4 Å². The molecule has 2 fully saturated rings. The molecule has 2 heterocycles. The van der Waals surface area contributed by atoms with E-state index in [9.17, 15) is 14.6 Å². The van der Waals surface area contributed by atoms with Crippen molar-refractivity contribution in [2.45, 2.75) is 80.9 Å². The first kappa shape index (κ1) is 23.1. The van der Waals surface area contributed by atoms with E-state index in [1.807, 2.05) is 28.5 Å². The van der Waals surface area contributed by atoms with Crippen LogP contribution in [0.4, 0.5) is 4.39 Å². The molecule has 1 aromatic heterocycles. The second kappa shape index (κ2) is 10.3. The number of thioether (sulfide) groups is 1. The summed E-state index contributed by atoms with van der Waals surface area (Å²) in [6, 6.07) is 6.89. The average Bonchev–Trinajstić information content (AvgIpc) is 3.08. The molecule has 2 aliphatic carbocycles. The molecule has 33 heavy (non-hydrogen) atoms. The molecule has 0 amide bonds. The maximum Gasteiger partial charge on any atom is 0.197 e. The monoisotopic (exact) mass is 472 g/mol. The molecule has 0 radical (unpaired) electrons. The van der Waals surface area contributed by atoms with Gasteiger partial charge in [0.05, 0.1) is 0 Å². The van der Waals surface area contributed by atoms with Crippen LogP contribution in [0.25, 0.3) is 0 Å². The van der Waals surface area contributed by atoms with Gasteiger partial charge in [-0.3, -0.25) is 4.57 Å². The highest BCUT2D eigenvalue weighted by atomic mass is 32.2. The Morgan fingerprint density at radius 2 is 1.36 bits per heavy atom. The fourth-order valence-electron chi connectivity index (χ4n) is 6.24. The summed E-state index contributed by atoms with van der Waals surface area (Å²) >= 11 is 1.89. The minimum atomic E-state index is -0.169. The van der Waals surface area contributed by atoms with Crippen LogP contribution >= 0.6 is 11.8 Å². The Bertz CT molecular complexity index is 907. The molecular formula is C27H37FN2O2S. The lowest BCUT2D eigenvalue weighted by atomic mass is 9.78. The number of fused-ring (bicyclic) bond motifs is 1. The summed E-state index contributed by atoms with van der Waals surface area (Å²) in [5, 5.41) is 22.3. The van der Waals surface area contributed by atoms with Gasteiger partial charge in [-0.1, -0.05) is 12.8 Å². The molecule has 2 unspecified atom stereocenters. The van der Waals surface area contributed by atoms with Crippen LogP contribution < -0.4 is 0 Å². The first-order valence-corrected chi connectivity index (χ1v) is 13.7. The number of aromatic hydroxyl groups is 2. The van der Waals surface area contributed by atoms with Gasteiger partial charge in [0.1, 0.15) is 5.82 Å². The maximum atomic E-state index is 13.2. The highest BCUT2D eigenvalue weighted by Crippen LogP contribution is 2.41. The van der Waals surface area contributed by atoms with E-state index in [-0.39, 0.29) is 5.82 Å². The Labute approximate surface area is 201 Å². The Morgan fingerprint density at radius 3 is 1.97 bits per heavy atom. The second-order valence-corrected chi connectivity index (χ2v) is 11.7. The summed E-state index contributed by atoms with van der Waals surface area (Å²) in [6.45, 7) is 4.11. The SMILES string of the molecule is Oc1c2c(c(O)n1CC1CCCCC1CN1CCC(Sc3ccc(F)cc3)CC1)CCCC2. The number of rotatable bonds is 6. The van der Waals surface area contributed by atoms with E-state index in [1.165, 1.54) is 38.5 Å². The molecule has 0 spiro atoms. The molecule has 2 aromatic rings. The molecule has 6 heteroatoms. The van der Waals surface area contributed by atoms with Gasteiger partial charge in [-0.15, -0.1) is 11.8 Å². The van der Waals surface area contributed by atoms with E-state index in [0.717, 1.165) is 67.9 Å². The standard InChI is InChI=1S/C27H37FN2O2S/c28-21-9-11-22(12-10-21)33-23-13-15-29(16-14-23)17-19-5-1-2-6-20(19)18-30-26(31)24-7-3-4-8-25(24)27(30)32/h9-12,19-20,23,31-32H,1-8,13-18H2. The average molecular weight is 473 g/mol. The zero-order valence-electron chi connectivity index (χ0n) is 19.5. The number of likely N-dealkylation sites (tertiary alicyclic amines) is 1. The Morgan fingerprint density at radius 1 is 0.788 bits per heavy atom. The normalized spacial score (nSPS) is 24.6. The van der Waals surface area contributed by atoms with Crippen molar-refractivity contribution in [1.82, 2.24) is 9.47 Å². The van der Waals surface area contributed by atoms with Gasteiger partial charge in [-0.05, 0) is 101 Å². The van der Waals surface area contributed by atoms with Gasteiger partial charge in [0.25, 0.3) is 0 Å². The van der Waals surface area contributed by atoms with Gasteiger partial charge in [-0.2, -0.15) is 0 Å². The van der Waals surface area contributed by atoms with Crippen LogP contribution in [-0.4, -0.2) is 44.6 Å². The van der Waals surface area contributed by atoms with Crippen molar-refractivity contribution in [3.05, 3.63) is 41.2 Å². The number of nitrogens with zero attached hydrogens (tertiary/aromatic N) is 2. The van der Waals surface area contributed by atoms with Crippen LogP contribution in [0.1, 0.15) is 62.5 Å². The van der Waals surface area contributed by atoms with Crippen molar-refractivity contribution in [2.24, 2.45) is 11.8 Å². The molecule has 1 saturated heterocycles. The van der Waals surface area contributed by atoms with Gasteiger partial charge in [0.15, 0.2) is 11.8 Å². The molecule has 5 rings (SSSR count). The van der Waals surface area contributed by atoms with Crippen molar-refractivity contribution in [3.8, 4) is 11.8 Å². The van der Waals surface area contributed by atoms with E-state index < -0.39 is 0 Å². The number of aromatic nitrogens is 1. The van der Waals surface area contributed by atoms with Gasteiger partial charge in [0.2, 0.25) is 0 Å². The van der Waals surface area contributed by atoms with Gasteiger partial charge < -0.3 is 15.1 Å². The molecule has 3 aliphatic rings. The minimum absolute atomic E-state index is 0.169. The van der Waals surface area contributed by atoms with Gasteiger partial charge in [-0.25, -0.2) is 4.39 Å². The van der Waals surface area contributed by atoms with Gasteiger partial charge >= 0.3 is 0 Å². The lowest BCUT2D eigenvalue weighted by molar-refractivity contribution is 0.123. The third kappa shape index (κ3) is 5.22. The topological polar surface area (TPSA) is 48.6 Å². The molecule has 2 N–H and O–H groups in total. The molecule has 1 aromatic carbocycles. The predicted molar refractivity (Wildman–Crippen MR) is 132 cm³/mol. The minimum Gasteiger partial charge on any atom is -0.494 e.